The summed E-state index contributed by atoms with van der Waals surface area (Å²) < 4.78 is 0. The SMILES string of the molecule is CC.CC.CC.CC.CC.Cc1ccccc1.P.c1ccccc1.c1ccncc1. The predicted molar refractivity (Wildman–Crippen MR) is 150 cm³/mol. The Labute approximate surface area is 194 Å². The quantitative estimate of drug-likeness (QED) is 0.321. The van der Waals surface area contributed by atoms with Crippen LogP contribution in [0.1, 0.15) is 74.8 Å². The van der Waals surface area contributed by atoms with Gasteiger partial charge in [0.1, 0.15) is 0 Å². The van der Waals surface area contributed by atoms with Crippen LogP contribution in [0.3, 0.4) is 0 Å². The second-order valence-corrected chi connectivity index (χ2v) is 3.83. The van der Waals surface area contributed by atoms with Crippen LogP contribution in [0.2, 0.25) is 0 Å². The van der Waals surface area contributed by atoms with E-state index >= 15 is 0 Å². The zero-order valence-electron chi connectivity index (χ0n) is 21.9. The maximum Gasteiger partial charge on any atom is 0.0267 e. The van der Waals surface area contributed by atoms with E-state index in [4.69, 9.17) is 0 Å². The summed E-state index contributed by atoms with van der Waals surface area (Å²) in [6.45, 7) is 22.1. The van der Waals surface area contributed by atoms with Gasteiger partial charge in [0.05, 0.1) is 0 Å². The number of pyridine rings is 1. The summed E-state index contributed by atoms with van der Waals surface area (Å²) in [7, 11) is 0. The summed E-state index contributed by atoms with van der Waals surface area (Å²) in [6.07, 6.45) is 3.50. The highest BCUT2D eigenvalue weighted by molar-refractivity contribution is 6.92. The Balaban J connectivity index is -0.0000000590. The minimum atomic E-state index is 0. The number of hydrogen-bond donors (Lipinski definition) is 0. The van der Waals surface area contributed by atoms with Gasteiger partial charge in [0, 0.05) is 12.4 Å². The number of nitrogens with zero attached hydrogens (tertiary/aromatic N) is 1. The minimum Gasteiger partial charge on any atom is -0.265 e. The van der Waals surface area contributed by atoms with Gasteiger partial charge in [-0.25, -0.2) is 0 Å². The van der Waals surface area contributed by atoms with Crippen molar-refractivity contribution in [3.8, 4) is 0 Å². The summed E-state index contributed by atoms with van der Waals surface area (Å²) in [5.41, 5.74) is 1.32. The van der Waals surface area contributed by atoms with Crippen LogP contribution in [0.4, 0.5) is 0 Å². The zero-order valence-corrected chi connectivity index (χ0v) is 23.3. The van der Waals surface area contributed by atoms with Crippen molar-refractivity contribution in [2.24, 2.45) is 0 Å². The fourth-order valence-electron chi connectivity index (χ4n) is 1.23. The molecule has 0 N–H and O–H groups in total. The van der Waals surface area contributed by atoms with Crippen molar-refractivity contribution in [2.45, 2.75) is 76.2 Å². The fourth-order valence-corrected chi connectivity index (χ4v) is 1.23. The molecule has 174 valence electrons. The Hall–Kier alpha value is -1.98. The second-order valence-electron chi connectivity index (χ2n) is 3.83. The standard InChI is InChI=1S/C7H8.C6H6.C5H5N.5C2H6.H3P/c1-7-5-3-2-4-6-7;2*1-2-4-6-5-3-1;5*1-2;/h2-6H,1H3;1-6H;1-5H;5*1-2H3;1H3. The third-order valence-electron chi connectivity index (χ3n) is 2.17. The molecule has 0 spiro atoms. The van der Waals surface area contributed by atoms with Crippen LogP contribution in [0, 0.1) is 6.92 Å². The minimum absolute atomic E-state index is 0. The number of benzene rings is 2. The molecule has 0 aliphatic heterocycles. The Kier molecular flexibility index (Phi) is 79.2. The van der Waals surface area contributed by atoms with E-state index in [2.05, 4.69) is 24.0 Å². The van der Waals surface area contributed by atoms with Crippen LogP contribution in [-0.2, 0) is 0 Å². The molecular formula is C28H52NP. The predicted octanol–water partition coefficient (Wildman–Crippen LogP) is 9.95. The molecule has 3 rings (SSSR count). The number of hydrogen-bond acceptors (Lipinski definition) is 1. The molecule has 1 heterocycles. The summed E-state index contributed by atoms with van der Waals surface area (Å²) in [6, 6.07) is 28.0. The average molecular weight is 434 g/mol. The van der Waals surface area contributed by atoms with Gasteiger partial charge in [0.2, 0.25) is 0 Å². The van der Waals surface area contributed by atoms with E-state index < -0.39 is 0 Å². The lowest BCUT2D eigenvalue weighted by atomic mass is 10.2. The molecule has 30 heavy (non-hydrogen) atoms. The van der Waals surface area contributed by atoms with E-state index in [1.807, 2.05) is 142 Å². The largest absolute Gasteiger partial charge is 0.265 e. The van der Waals surface area contributed by atoms with Crippen molar-refractivity contribution >= 4 is 9.90 Å². The number of rotatable bonds is 0. The highest BCUT2D eigenvalue weighted by Gasteiger charge is 1.72. The van der Waals surface area contributed by atoms with Crippen molar-refractivity contribution in [1.82, 2.24) is 4.98 Å². The van der Waals surface area contributed by atoms with Crippen LogP contribution in [0.25, 0.3) is 0 Å². The monoisotopic (exact) mass is 433 g/mol. The molecular weight excluding hydrogens is 381 g/mol. The molecule has 0 aliphatic carbocycles. The van der Waals surface area contributed by atoms with Crippen LogP contribution in [0.15, 0.2) is 97.3 Å². The Morgan fingerprint density at radius 2 is 0.633 bits per heavy atom. The molecule has 3 aromatic rings. The fraction of sp³-hybridized carbons (Fsp3) is 0.393. The van der Waals surface area contributed by atoms with E-state index in [0.29, 0.717) is 0 Å². The van der Waals surface area contributed by atoms with E-state index in [9.17, 15) is 0 Å². The van der Waals surface area contributed by atoms with Gasteiger partial charge >= 0.3 is 0 Å². The molecule has 0 aliphatic rings. The second kappa shape index (κ2) is 56.3. The molecule has 1 aromatic heterocycles. The highest BCUT2D eigenvalue weighted by Crippen LogP contribution is 1.92. The van der Waals surface area contributed by atoms with Crippen LogP contribution >= 0.6 is 9.90 Å². The maximum absolute atomic E-state index is 3.78. The molecule has 0 amide bonds. The lowest BCUT2D eigenvalue weighted by Crippen LogP contribution is -1.62. The molecule has 1 unspecified atom stereocenters. The third-order valence-corrected chi connectivity index (χ3v) is 2.17. The first-order valence-corrected chi connectivity index (χ1v) is 11.3. The van der Waals surface area contributed by atoms with Crippen LogP contribution < -0.4 is 0 Å². The zero-order chi connectivity index (χ0) is 23.6. The Bertz CT molecular complexity index is 414. The average Bonchev–Trinajstić information content (AvgIpc) is 2.89. The first-order chi connectivity index (χ1) is 14.4. The molecule has 2 heteroatoms. The van der Waals surface area contributed by atoms with Crippen molar-refractivity contribution < 1.29 is 0 Å². The van der Waals surface area contributed by atoms with Gasteiger partial charge in [0.25, 0.3) is 0 Å². The van der Waals surface area contributed by atoms with Gasteiger partial charge in [-0.3, -0.25) is 4.98 Å². The first kappa shape index (κ1) is 42.2. The van der Waals surface area contributed by atoms with Gasteiger partial charge < -0.3 is 0 Å². The maximum atomic E-state index is 3.78. The third kappa shape index (κ3) is 50.2. The van der Waals surface area contributed by atoms with E-state index in [1.165, 1.54) is 5.56 Å². The molecule has 0 saturated heterocycles. The Morgan fingerprint density at radius 3 is 0.767 bits per heavy atom. The Morgan fingerprint density at radius 1 is 0.400 bits per heavy atom. The summed E-state index contributed by atoms with van der Waals surface area (Å²) in [4.78, 5) is 3.78. The molecule has 1 atom stereocenters. The summed E-state index contributed by atoms with van der Waals surface area (Å²) in [5, 5.41) is 0. The van der Waals surface area contributed by atoms with Gasteiger partial charge in [-0.05, 0) is 19.1 Å². The molecule has 0 radical (unpaired) electrons. The first-order valence-electron chi connectivity index (χ1n) is 11.3. The van der Waals surface area contributed by atoms with E-state index in [0.717, 1.165) is 0 Å². The summed E-state index contributed by atoms with van der Waals surface area (Å²) in [5.74, 6) is 0. The smallest absolute Gasteiger partial charge is 0.0267 e. The molecule has 1 nitrogen and oxygen atoms in total. The van der Waals surface area contributed by atoms with Crippen molar-refractivity contribution in [1.29, 1.82) is 0 Å². The van der Waals surface area contributed by atoms with E-state index in [-0.39, 0.29) is 9.90 Å². The van der Waals surface area contributed by atoms with Crippen LogP contribution in [0.5, 0.6) is 0 Å². The number of aryl methyl sites for hydroxylation is 1. The van der Waals surface area contributed by atoms with Crippen molar-refractivity contribution in [2.75, 3.05) is 0 Å². The van der Waals surface area contributed by atoms with Crippen LogP contribution in [-0.4, -0.2) is 4.98 Å². The van der Waals surface area contributed by atoms with Crippen molar-refractivity contribution in [3.05, 3.63) is 103 Å². The number of aromatic nitrogens is 1. The van der Waals surface area contributed by atoms with Gasteiger partial charge in [-0.15, -0.1) is 0 Å². The summed E-state index contributed by atoms with van der Waals surface area (Å²) >= 11 is 0. The molecule has 0 bridgehead atoms. The van der Waals surface area contributed by atoms with Crippen molar-refractivity contribution in [3.63, 3.8) is 0 Å². The lowest BCUT2D eigenvalue weighted by molar-refractivity contribution is 1.33. The lowest BCUT2D eigenvalue weighted by Gasteiger charge is -1.82. The normalized spacial score (nSPS) is 6.23. The molecule has 2 aromatic carbocycles. The van der Waals surface area contributed by atoms with Gasteiger partial charge in [0.15, 0.2) is 0 Å². The topological polar surface area (TPSA) is 12.9 Å². The molecule has 0 saturated carbocycles. The van der Waals surface area contributed by atoms with Gasteiger partial charge in [-0.1, -0.05) is 148 Å². The van der Waals surface area contributed by atoms with E-state index in [1.54, 1.807) is 12.4 Å². The molecule has 0 fully saturated rings. The highest BCUT2D eigenvalue weighted by atomic mass is 31.0. The van der Waals surface area contributed by atoms with Gasteiger partial charge in [-0.2, -0.15) is 9.90 Å².